The molecule has 7 nitrogen and oxygen atoms in total. The van der Waals surface area contributed by atoms with Crippen LogP contribution in [-0.2, 0) is 9.59 Å². The molecule has 2 N–H and O–H groups in total. The van der Waals surface area contributed by atoms with Gasteiger partial charge in [0.05, 0.1) is 28.8 Å². The van der Waals surface area contributed by atoms with Gasteiger partial charge in [0, 0.05) is 5.56 Å². The molecule has 0 radical (unpaired) electrons. The highest BCUT2D eigenvalue weighted by Crippen LogP contribution is 2.42. The van der Waals surface area contributed by atoms with Crippen LogP contribution in [-0.4, -0.2) is 32.9 Å². The Morgan fingerprint density at radius 3 is 2.44 bits per heavy atom. The first kappa shape index (κ1) is 24.4. The molecule has 4 aromatic carbocycles. The van der Waals surface area contributed by atoms with E-state index >= 15 is 0 Å². The largest absolute Gasteiger partial charge is 0.507 e. The quantitative estimate of drug-likeness (QED) is 0.159. The predicted octanol–water partition coefficient (Wildman–Crippen LogP) is 6.44. The summed E-state index contributed by atoms with van der Waals surface area (Å²) >= 11 is 0. The maximum Gasteiger partial charge on any atom is 0.302 e. The fourth-order valence-electron chi connectivity index (χ4n) is 5.08. The Morgan fingerprint density at radius 1 is 0.949 bits per heavy atom. The van der Waals surface area contributed by atoms with Crippen molar-refractivity contribution in [2.24, 2.45) is 0 Å². The van der Waals surface area contributed by atoms with Gasteiger partial charge in [0.2, 0.25) is 5.95 Å². The minimum Gasteiger partial charge on any atom is -0.507 e. The van der Waals surface area contributed by atoms with Crippen molar-refractivity contribution in [3.8, 4) is 5.75 Å². The Morgan fingerprint density at radius 2 is 1.69 bits per heavy atom. The van der Waals surface area contributed by atoms with Crippen molar-refractivity contribution in [3.63, 3.8) is 0 Å². The summed E-state index contributed by atoms with van der Waals surface area (Å²) in [5.74, 6) is -0.867. The number of ketones is 1. The normalized spacial score (nSPS) is 17.0. The van der Waals surface area contributed by atoms with Crippen LogP contribution in [0.1, 0.15) is 36.6 Å². The maximum absolute atomic E-state index is 13.6. The van der Waals surface area contributed by atoms with E-state index in [9.17, 15) is 14.7 Å². The smallest absolute Gasteiger partial charge is 0.302 e. The molecule has 1 unspecified atom stereocenters. The predicted molar refractivity (Wildman–Crippen MR) is 152 cm³/mol. The van der Waals surface area contributed by atoms with Gasteiger partial charge in [0.1, 0.15) is 11.5 Å². The van der Waals surface area contributed by atoms with Crippen molar-refractivity contribution in [2.75, 3.05) is 4.90 Å². The van der Waals surface area contributed by atoms with E-state index in [0.717, 1.165) is 21.9 Å². The van der Waals surface area contributed by atoms with Gasteiger partial charge < -0.3 is 14.8 Å². The molecule has 1 aromatic heterocycles. The second-order valence-electron chi connectivity index (χ2n) is 10.0. The van der Waals surface area contributed by atoms with E-state index in [2.05, 4.69) is 9.97 Å². The summed E-state index contributed by atoms with van der Waals surface area (Å²) in [6.45, 7) is 5.85. The van der Waals surface area contributed by atoms with E-state index in [1.165, 1.54) is 4.90 Å². The summed E-state index contributed by atoms with van der Waals surface area (Å²) in [5, 5.41) is 13.5. The van der Waals surface area contributed by atoms with Gasteiger partial charge in [-0.25, -0.2) is 4.98 Å². The molecule has 1 saturated heterocycles. The number of carbonyl (C=O) groups excluding carboxylic acids is 2. The number of nitrogens with one attached hydrogen (secondary N) is 1. The van der Waals surface area contributed by atoms with Crippen LogP contribution < -0.4 is 9.64 Å². The highest BCUT2D eigenvalue weighted by Gasteiger charge is 2.48. The number of carbonyl (C=O) groups is 2. The van der Waals surface area contributed by atoms with Gasteiger partial charge in [-0.2, -0.15) is 0 Å². The number of H-pyrrole nitrogens is 1. The van der Waals surface area contributed by atoms with Gasteiger partial charge in [-0.1, -0.05) is 54.6 Å². The summed E-state index contributed by atoms with van der Waals surface area (Å²) in [6, 6.07) is 25.3. The van der Waals surface area contributed by atoms with Crippen LogP contribution in [0, 0.1) is 6.92 Å². The zero-order chi connectivity index (χ0) is 27.3. The maximum atomic E-state index is 13.6. The molecule has 7 heteroatoms. The number of aliphatic hydroxyl groups excluding tert-OH is 1. The summed E-state index contributed by atoms with van der Waals surface area (Å²) in [7, 11) is 0. The SMILES string of the molecule is Cc1ccc2nc(N3C(=O)C(=O)/C(=C(/O)c4ccc5ccccc5c4)C3c3ccc(OC(C)C)cc3)[nH]c2c1. The van der Waals surface area contributed by atoms with Crippen LogP contribution in [0.2, 0.25) is 0 Å². The Labute approximate surface area is 225 Å². The van der Waals surface area contributed by atoms with Gasteiger partial charge in [0.15, 0.2) is 0 Å². The average Bonchev–Trinajstić information content (AvgIpc) is 3.45. The number of nitrogens with zero attached hydrogens (tertiary/aromatic N) is 2. The molecule has 1 amide bonds. The van der Waals surface area contributed by atoms with Gasteiger partial charge in [0.25, 0.3) is 5.78 Å². The Balaban J connectivity index is 1.53. The first-order valence-electron chi connectivity index (χ1n) is 12.8. The number of ether oxygens (including phenoxy) is 1. The molecule has 0 spiro atoms. The molecule has 0 aliphatic carbocycles. The monoisotopic (exact) mass is 517 g/mol. The van der Waals surface area contributed by atoms with E-state index in [0.29, 0.717) is 22.4 Å². The number of rotatable bonds is 5. The molecule has 1 aliphatic heterocycles. The van der Waals surface area contributed by atoms with Crippen LogP contribution in [0.25, 0.3) is 27.6 Å². The molecular weight excluding hydrogens is 490 g/mol. The third kappa shape index (κ3) is 4.32. The van der Waals surface area contributed by atoms with Gasteiger partial charge in [-0.3, -0.25) is 14.5 Å². The number of aliphatic hydroxyl groups is 1. The summed E-state index contributed by atoms with van der Waals surface area (Å²) in [6.07, 6.45) is -0.00612. The molecule has 2 heterocycles. The number of aromatic amines is 1. The highest BCUT2D eigenvalue weighted by molar-refractivity contribution is 6.51. The Hall–Kier alpha value is -4.91. The lowest BCUT2D eigenvalue weighted by molar-refractivity contribution is -0.132. The number of aryl methyl sites for hydroxylation is 1. The van der Waals surface area contributed by atoms with E-state index in [1.54, 1.807) is 18.2 Å². The Bertz CT molecular complexity index is 1780. The standard InChI is InChI=1S/C32H27N3O4/c1-18(2)39-24-13-11-21(12-14-24)28-27(29(36)23-10-9-20-6-4-5-7-22(20)17-23)30(37)31(38)35(28)32-33-25-15-8-19(3)16-26(25)34-32/h4-18,28,36H,1-3H3,(H,33,34)/b29-27+. The zero-order valence-electron chi connectivity index (χ0n) is 21.8. The molecule has 1 fully saturated rings. The zero-order valence-corrected chi connectivity index (χ0v) is 21.8. The van der Waals surface area contributed by atoms with Crippen LogP contribution >= 0.6 is 0 Å². The second kappa shape index (κ2) is 9.44. The molecule has 5 aromatic rings. The van der Waals surface area contributed by atoms with Crippen LogP contribution in [0.5, 0.6) is 5.75 Å². The number of hydrogen-bond donors (Lipinski definition) is 2. The van der Waals surface area contributed by atoms with Crippen LogP contribution in [0.3, 0.4) is 0 Å². The Kier molecular flexibility index (Phi) is 5.91. The molecule has 6 rings (SSSR count). The molecular formula is C32H27N3O4. The highest BCUT2D eigenvalue weighted by atomic mass is 16.5. The lowest BCUT2D eigenvalue weighted by Crippen LogP contribution is -2.30. The van der Waals surface area contributed by atoms with Crippen molar-refractivity contribution in [3.05, 3.63) is 107 Å². The van der Waals surface area contributed by atoms with Crippen molar-refractivity contribution in [1.82, 2.24) is 9.97 Å². The number of fused-ring (bicyclic) bond motifs is 2. The molecule has 0 bridgehead atoms. The van der Waals surface area contributed by atoms with Crippen molar-refractivity contribution < 1.29 is 19.4 Å². The summed E-state index contributed by atoms with van der Waals surface area (Å²) in [5.41, 5.74) is 3.56. The lowest BCUT2D eigenvalue weighted by Gasteiger charge is -2.23. The third-order valence-electron chi connectivity index (χ3n) is 6.89. The average molecular weight is 518 g/mol. The third-order valence-corrected chi connectivity index (χ3v) is 6.89. The molecule has 1 aliphatic rings. The van der Waals surface area contributed by atoms with E-state index in [-0.39, 0.29) is 23.4 Å². The number of aromatic nitrogens is 2. The van der Waals surface area contributed by atoms with E-state index in [4.69, 9.17) is 4.74 Å². The number of Topliss-reactive ketones (excluding diaryl/α,β-unsaturated/α-hetero) is 1. The summed E-state index contributed by atoms with van der Waals surface area (Å²) < 4.78 is 5.79. The fourth-order valence-corrected chi connectivity index (χ4v) is 5.08. The van der Waals surface area contributed by atoms with Crippen molar-refractivity contribution in [1.29, 1.82) is 0 Å². The number of amides is 1. The summed E-state index contributed by atoms with van der Waals surface area (Å²) in [4.78, 5) is 36.3. The van der Waals surface area contributed by atoms with Crippen LogP contribution in [0.4, 0.5) is 5.95 Å². The second-order valence-corrected chi connectivity index (χ2v) is 10.0. The molecule has 194 valence electrons. The van der Waals surface area contributed by atoms with Gasteiger partial charge in [-0.05, 0) is 73.0 Å². The molecule has 39 heavy (non-hydrogen) atoms. The number of benzene rings is 4. The minimum atomic E-state index is -0.897. The van der Waals surface area contributed by atoms with Crippen molar-refractivity contribution in [2.45, 2.75) is 32.9 Å². The first-order chi connectivity index (χ1) is 18.8. The molecule has 0 saturated carbocycles. The number of imidazole rings is 1. The minimum absolute atomic E-state index is 0.00412. The van der Waals surface area contributed by atoms with Gasteiger partial charge in [-0.15, -0.1) is 0 Å². The number of anilines is 1. The fraction of sp³-hybridized carbons (Fsp3) is 0.156. The topological polar surface area (TPSA) is 95.5 Å². The van der Waals surface area contributed by atoms with Gasteiger partial charge >= 0.3 is 5.91 Å². The van der Waals surface area contributed by atoms with Crippen molar-refractivity contribution >= 4 is 45.2 Å². The van der Waals surface area contributed by atoms with E-state index in [1.807, 2.05) is 87.5 Å². The van der Waals surface area contributed by atoms with E-state index < -0.39 is 17.7 Å². The van der Waals surface area contributed by atoms with Crippen LogP contribution in [0.15, 0.2) is 90.5 Å². The number of hydrogen-bond acceptors (Lipinski definition) is 5. The first-order valence-corrected chi connectivity index (χ1v) is 12.8. The molecule has 1 atom stereocenters. The lowest BCUT2D eigenvalue weighted by atomic mass is 9.94.